The molecule has 2 nitrogen and oxygen atoms in total. The van der Waals surface area contributed by atoms with E-state index in [-0.39, 0.29) is 12.6 Å². The van der Waals surface area contributed by atoms with Gasteiger partial charge in [0.1, 0.15) is 18.2 Å². The first-order valence-electron chi connectivity index (χ1n) is 5.55. The number of benzene rings is 1. The minimum absolute atomic E-state index is 0.109. The van der Waals surface area contributed by atoms with Crippen molar-refractivity contribution < 1.29 is 22.3 Å². The zero-order valence-electron chi connectivity index (χ0n) is 9.93. The summed E-state index contributed by atoms with van der Waals surface area (Å²) in [5, 5.41) is 2.90. The Morgan fingerprint density at radius 1 is 1.28 bits per heavy atom. The molecule has 0 saturated carbocycles. The number of nitrogens with one attached hydrogen (secondary N) is 1. The third-order valence-corrected chi connectivity index (χ3v) is 2.37. The average molecular weight is 265 g/mol. The van der Waals surface area contributed by atoms with Crippen LogP contribution in [0.3, 0.4) is 0 Å². The molecule has 0 saturated heterocycles. The van der Waals surface area contributed by atoms with E-state index in [9.17, 15) is 17.6 Å². The molecule has 102 valence electrons. The zero-order valence-corrected chi connectivity index (χ0v) is 9.93. The summed E-state index contributed by atoms with van der Waals surface area (Å²) < 4.78 is 54.2. The van der Waals surface area contributed by atoms with Gasteiger partial charge in [0.2, 0.25) is 0 Å². The van der Waals surface area contributed by atoms with Crippen molar-refractivity contribution in [3.63, 3.8) is 0 Å². The number of halogens is 4. The van der Waals surface area contributed by atoms with Crippen LogP contribution in [0.25, 0.3) is 0 Å². The Kier molecular flexibility index (Phi) is 6.07. The molecule has 1 rings (SSSR count). The minimum Gasteiger partial charge on any atom is -0.374 e. The lowest BCUT2D eigenvalue weighted by molar-refractivity contribution is 0.0183. The van der Waals surface area contributed by atoms with Crippen molar-refractivity contribution in [1.82, 2.24) is 5.32 Å². The SMILES string of the molecule is CC(NCCOCC(F)F)c1ccc(F)cc1F. The van der Waals surface area contributed by atoms with Crippen LogP contribution in [0.4, 0.5) is 17.6 Å². The summed E-state index contributed by atoms with van der Waals surface area (Å²) >= 11 is 0. The maximum Gasteiger partial charge on any atom is 0.261 e. The van der Waals surface area contributed by atoms with Gasteiger partial charge in [0.05, 0.1) is 6.61 Å². The quantitative estimate of drug-likeness (QED) is 0.604. The molecule has 1 atom stereocenters. The van der Waals surface area contributed by atoms with Crippen LogP contribution < -0.4 is 5.32 Å². The Labute approximate surface area is 103 Å². The molecule has 0 aliphatic heterocycles. The predicted octanol–water partition coefficient (Wildman–Crippen LogP) is 2.90. The van der Waals surface area contributed by atoms with Crippen molar-refractivity contribution in [3.05, 3.63) is 35.4 Å². The maximum absolute atomic E-state index is 13.4. The van der Waals surface area contributed by atoms with Gasteiger partial charge in [0, 0.05) is 24.2 Å². The smallest absolute Gasteiger partial charge is 0.261 e. The Balaban J connectivity index is 2.34. The van der Waals surface area contributed by atoms with E-state index in [1.807, 2.05) is 0 Å². The molecule has 1 aromatic carbocycles. The second-order valence-electron chi connectivity index (χ2n) is 3.81. The van der Waals surface area contributed by atoms with Crippen LogP contribution in [0.2, 0.25) is 0 Å². The monoisotopic (exact) mass is 265 g/mol. The molecule has 0 heterocycles. The van der Waals surface area contributed by atoms with Crippen LogP contribution in [-0.4, -0.2) is 26.2 Å². The molecule has 1 aromatic rings. The molecule has 0 amide bonds. The van der Waals surface area contributed by atoms with Crippen molar-refractivity contribution in [3.8, 4) is 0 Å². The van der Waals surface area contributed by atoms with Crippen LogP contribution in [0, 0.1) is 11.6 Å². The molecule has 6 heteroatoms. The van der Waals surface area contributed by atoms with Gasteiger partial charge in [-0.2, -0.15) is 0 Å². The van der Waals surface area contributed by atoms with E-state index in [0.29, 0.717) is 12.1 Å². The third-order valence-electron chi connectivity index (χ3n) is 2.37. The van der Waals surface area contributed by atoms with Crippen LogP contribution >= 0.6 is 0 Å². The van der Waals surface area contributed by atoms with Gasteiger partial charge in [0.15, 0.2) is 0 Å². The fourth-order valence-electron chi connectivity index (χ4n) is 1.48. The van der Waals surface area contributed by atoms with Crippen LogP contribution in [0.5, 0.6) is 0 Å². The second-order valence-corrected chi connectivity index (χ2v) is 3.81. The predicted molar refractivity (Wildman–Crippen MR) is 59.6 cm³/mol. The number of rotatable bonds is 7. The fourth-order valence-corrected chi connectivity index (χ4v) is 1.48. The van der Waals surface area contributed by atoms with Crippen LogP contribution in [0.1, 0.15) is 18.5 Å². The summed E-state index contributed by atoms with van der Waals surface area (Å²) in [7, 11) is 0. The molecule has 1 N–H and O–H groups in total. The van der Waals surface area contributed by atoms with E-state index in [4.69, 9.17) is 0 Å². The zero-order chi connectivity index (χ0) is 13.5. The van der Waals surface area contributed by atoms with E-state index >= 15 is 0 Å². The Hall–Kier alpha value is -1.14. The second kappa shape index (κ2) is 7.33. The highest BCUT2D eigenvalue weighted by molar-refractivity contribution is 5.21. The molecule has 0 bridgehead atoms. The first-order valence-corrected chi connectivity index (χ1v) is 5.55. The van der Waals surface area contributed by atoms with Crippen molar-refractivity contribution in [1.29, 1.82) is 0 Å². The van der Waals surface area contributed by atoms with Gasteiger partial charge < -0.3 is 10.1 Å². The molecule has 1 unspecified atom stereocenters. The van der Waals surface area contributed by atoms with Gasteiger partial charge in [-0.3, -0.25) is 0 Å². The Morgan fingerprint density at radius 2 is 2.00 bits per heavy atom. The number of hydrogen-bond donors (Lipinski definition) is 1. The van der Waals surface area contributed by atoms with Crippen molar-refractivity contribution in [2.24, 2.45) is 0 Å². The number of hydrogen-bond acceptors (Lipinski definition) is 2. The van der Waals surface area contributed by atoms with E-state index in [1.54, 1.807) is 6.92 Å². The van der Waals surface area contributed by atoms with Crippen molar-refractivity contribution in [2.45, 2.75) is 19.4 Å². The van der Waals surface area contributed by atoms with E-state index in [2.05, 4.69) is 10.1 Å². The molecule has 0 radical (unpaired) electrons. The molecule has 18 heavy (non-hydrogen) atoms. The summed E-state index contributed by atoms with van der Waals surface area (Å²) in [5.74, 6) is -1.27. The summed E-state index contributed by atoms with van der Waals surface area (Å²) in [4.78, 5) is 0. The molecular weight excluding hydrogens is 250 g/mol. The molecule has 0 aliphatic rings. The van der Waals surface area contributed by atoms with Gasteiger partial charge in [-0.1, -0.05) is 6.07 Å². The van der Waals surface area contributed by atoms with Crippen molar-refractivity contribution >= 4 is 0 Å². The van der Waals surface area contributed by atoms with Gasteiger partial charge in [-0.15, -0.1) is 0 Å². The Bertz CT molecular complexity index is 373. The topological polar surface area (TPSA) is 21.3 Å². The van der Waals surface area contributed by atoms with Gasteiger partial charge in [0.25, 0.3) is 6.43 Å². The summed E-state index contributed by atoms with van der Waals surface area (Å²) in [6, 6.07) is 2.98. The molecule has 0 fully saturated rings. The molecular formula is C12H15F4NO. The van der Waals surface area contributed by atoms with Gasteiger partial charge in [-0.05, 0) is 13.0 Å². The maximum atomic E-state index is 13.4. The van der Waals surface area contributed by atoms with Gasteiger partial charge in [-0.25, -0.2) is 17.6 Å². The van der Waals surface area contributed by atoms with E-state index in [1.165, 1.54) is 12.1 Å². The molecule has 0 aromatic heterocycles. The Morgan fingerprint density at radius 3 is 2.61 bits per heavy atom. The van der Waals surface area contributed by atoms with Crippen LogP contribution in [0.15, 0.2) is 18.2 Å². The van der Waals surface area contributed by atoms with Crippen molar-refractivity contribution in [2.75, 3.05) is 19.8 Å². The van der Waals surface area contributed by atoms with Gasteiger partial charge >= 0.3 is 0 Å². The molecule has 0 aliphatic carbocycles. The lowest BCUT2D eigenvalue weighted by Crippen LogP contribution is -2.24. The summed E-state index contributed by atoms with van der Waals surface area (Å²) in [5.41, 5.74) is 0.324. The average Bonchev–Trinajstić information content (AvgIpc) is 2.27. The first-order chi connectivity index (χ1) is 8.50. The lowest BCUT2D eigenvalue weighted by Gasteiger charge is -2.15. The van der Waals surface area contributed by atoms with E-state index in [0.717, 1.165) is 6.07 Å². The summed E-state index contributed by atoms with van der Waals surface area (Å²) in [6.07, 6.45) is -2.49. The number of ether oxygens (including phenoxy) is 1. The lowest BCUT2D eigenvalue weighted by atomic mass is 10.1. The molecule has 0 spiro atoms. The minimum atomic E-state index is -2.49. The standard InChI is InChI=1S/C12H15F4NO/c1-8(17-4-5-18-7-12(15)16)10-3-2-9(13)6-11(10)14/h2-3,6,8,12,17H,4-5,7H2,1H3. The van der Waals surface area contributed by atoms with Crippen LogP contribution in [-0.2, 0) is 4.74 Å². The highest BCUT2D eigenvalue weighted by atomic mass is 19.3. The highest BCUT2D eigenvalue weighted by Crippen LogP contribution is 2.17. The normalized spacial score (nSPS) is 13.0. The highest BCUT2D eigenvalue weighted by Gasteiger charge is 2.11. The largest absolute Gasteiger partial charge is 0.374 e. The first kappa shape index (κ1) is 14.9. The number of alkyl halides is 2. The fraction of sp³-hybridized carbons (Fsp3) is 0.500. The summed E-state index contributed by atoms with van der Waals surface area (Å²) in [6.45, 7) is 1.51. The van der Waals surface area contributed by atoms with E-state index < -0.39 is 24.7 Å². The third kappa shape index (κ3) is 5.01.